The van der Waals surface area contributed by atoms with Gasteiger partial charge in [-0.15, -0.1) is 10.2 Å². The molecular weight excluding hydrogens is 408 g/mol. The number of halogens is 3. The van der Waals surface area contributed by atoms with E-state index >= 15 is 0 Å². The number of carbonyl (C=O) groups is 1. The molecular formula is C18H14BrF2N3O2. The third-order valence-corrected chi connectivity index (χ3v) is 4.89. The van der Waals surface area contributed by atoms with Gasteiger partial charge in [0.2, 0.25) is 5.89 Å². The average Bonchev–Trinajstić information content (AvgIpc) is 3.24. The molecule has 0 aliphatic heterocycles. The van der Waals surface area contributed by atoms with E-state index in [1.165, 1.54) is 0 Å². The van der Waals surface area contributed by atoms with Gasteiger partial charge in [-0.25, -0.2) is 8.78 Å². The zero-order chi connectivity index (χ0) is 18.4. The first kappa shape index (κ1) is 17.1. The topological polar surface area (TPSA) is 71.8 Å². The van der Waals surface area contributed by atoms with E-state index in [1.807, 2.05) is 0 Å². The number of aromatic nitrogens is 3. The van der Waals surface area contributed by atoms with Crippen LogP contribution in [-0.4, -0.2) is 21.0 Å². The number of aromatic amines is 1. The van der Waals surface area contributed by atoms with Crippen molar-refractivity contribution in [3.05, 3.63) is 57.0 Å². The Morgan fingerprint density at radius 3 is 2.77 bits per heavy atom. The summed E-state index contributed by atoms with van der Waals surface area (Å²) in [6, 6.07) is 6.63. The summed E-state index contributed by atoms with van der Waals surface area (Å²) in [5.74, 6) is 0.402. The summed E-state index contributed by atoms with van der Waals surface area (Å²) >= 11 is 3.29. The van der Waals surface area contributed by atoms with Gasteiger partial charge in [-0.2, -0.15) is 0 Å². The van der Waals surface area contributed by atoms with E-state index < -0.39 is 17.9 Å². The van der Waals surface area contributed by atoms with Crippen molar-refractivity contribution in [3.8, 4) is 11.6 Å². The van der Waals surface area contributed by atoms with Crippen molar-refractivity contribution >= 4 is 21.7 Å². The molecule has 0 atom stereocenters. The van der Waals surface area contributed by atoms with Gasteiger partial charge in [0.05, 0.1) is 11.3 Å². The van der Waals surface area contributed by atoms with E-state index in [-0.39, 0.29) is 23.1 Å². The quantitative estimate of drug-likeness (QED) is 0.575. The van der Waals surface area contributed by atoms with E-state index in [2.05, 4.69) is 31.1 Å². The van der Waals surface area contributed by atoms with E-state index in [0.29, 0.717) is 21.5 Å². The highest BCUT2D eigenvalue weighted by atomic mass is 79.9. The van der Waals surface area contributed by atoms with E-state index in [0.717, 1.165) is 12.8 Å². The maximum Gasteiger partial charge on any atom is 0.279 e. The number of nitrogens with one attached hydrogen (secondary N) is 1. The molecule has 2 heterocycles. The molecule has 0 saturated heterocycles. The molecule has 1 saturated carbocycles. The highest BCUT2D eigenvalue weighted by Gasteiger charge is 2.32. The second kappa shape index (κ2) is 6.42. The Kier molecular flexibility index (Phi) is 4.22. The minimum absolute atomic E-state index is 0.0562. The average molecular weight is 422 g/mol. The van der Waals surface area contributed by atoms with Gasteiger partial charge in [-0.1, -0.05) is 28.1 Å². The molecule has 8 heteroatoms. The largest absolute Gasteiger partial charge is 0.419 e. The Hall–Kier alpha value is -2.35. The van der Waals surface area contributed by atoms with Gasteiger partial charge < -0.3 is 9.40 Å². The molecule has 1 fully saturated rings. The monoisotopic (exact) mass is 421 g/mol. The second-order valence-corrected chi connectivity index (χ2v) is 7.19. The molecule has 26 heavy (non-hydrogen) atoms. The fourth-order valence-electron chi connectivity index (χ4n) is 2.89. The normalized spacial score (nSPS) is 14.2. The van der Waals surface area contributed by atoms with Crippen LogP contribution in [0.25, 0.3) is 11.6 Å². The summed E-state index contributed by atoms with van der Waals surface area (Å²) in [6.07, 6.45) is -0.861. The molecule has 1 aromatic carbocycles. The fourth-order valence-corrected chi connectivity index (χ4v) is 3.29. The van der Waals surface area contributed by atoms with Crippen LogP contribution in [0.3, 0.4) is 0 Å². The molecule has 1 aliphatic rings. The lowest BCUT2D eigenvalue weighted by molar-refractivity contribution is 0.102. The van der Waals surface area contributed by atoms with Gasteiger partial charge in [0, 0.05) is 16.0 Å². The Balaban J connectivity index is 1.80. The maximum absolute atomic E-state index is 13.6. The first-order valence-corrected chi connectivity index (χ1v) is 8.89. The van der Waals surface area contributed by atoms with Gasteiger partial charge in [0.1, 0.15) is 5.69 Å². The van der Waals surface area contributed by atoms with Crippen molar-refractivity contribution in [1.82, 2.24) is 15.2 Å². The predicted octanol–water partition coefficient (Wildman–Crippen LogP) is 5.18. The van der Waals surface area contributed by atoms with Gasteiger partial charge in [0.25, 0.3) is 12.3 Å². The van der Waals surface area contributed by atoms with Crippen molar-refractivity contribution in [2.75, 3.05) is 0 Å². The van der Waals surface area contributed by atoms with Crippen molar-refractivity contribution in [3.63, 3.8) is 0 Å². The van der Waals surface area contributed by atoms with Crippen molar-refractivity contribution in [2.45, 2.75) is 32.1 Å². The van der Waals surface area contributed by atoms with Crippen LogP contribution >= 0.6 is 15.9 Å². The van der Waals surface area contributed by atoms with Crippen molar-refractivity contribution in [2.24, 2.45) is 0 Å². The number of rotatable bonds is 5. The molecule has 5 nitrogen and oxygen atoms in total. The summed E-state index contributed by atoms with van der Waals surface area (Å²) in [4.78, 5) is 15.5. The minimum atomic E-state index is -2.83. The molecule has 0 unspecified atom stereocenters. The molecule has 0 radical (unpaired) electrons. The fraction of sp³-hybridized carbons (Fsp3) is 0.278. The zero-order valence-corrected chi connectivity index (χ0v) is 15.3. The third-order valence-electron chi connectivity index (χ3n) is 4.39. The summed E-state index contributed by atoms with van der Waals surface area (Å²) in [7, 11) is 0. The van der Waals surface area contributed by atoms with Gasteiger partial charge in [-0.3, -0.25) is 4.79 Å². The number of hydrogen-bond acceptors (Lipinski definition) is 4. The second-order valence-electron chi connectivity index (χ2n) is 6.27. The standard InChI is InChI=1S/C18H14BrF2N3O2/c1-8-12(15(25)10-3-2-4-11(19)7-10)14(16(20)21)22-13(8)18-24-23-17(26-18)9-5-6-9/h2-4,7,9,16,22H,5-6H2,1H3. The molecule has 2 aromatic heterocycles. The molecule has 1 aliphatic carbocycles. The van der Waals surface area contributed by atoms with Crippen LogP contribution in [0.1, 0.15) is 58.3 Å². The van der Waals surface area contributed by atoms with Gasteiger partial charge in [0.15, 0.2) is 5.78 Å². The Morgan fingerprint density at radius 1 is 1.35 bits per heavy atom. The lowest BCUT2D eigenvalue weighted by atomic mass is 9.99. The van der Waals surface area contributed by atoms with Crippen molar-refractivity contribution in [1.29, 1.82) is 0 Å². The number of H-pyrrole nitrogens is 1. The number of alkyl halides is 2. The number of nitrogens with zero attached hydrogens (tertiary/aromatic N) is 2. The predicted molar refractivity (Wildman–Crippen MR) is 93.3 cm³/mol. The van der Waals surface area contributed by atoms with Crippen LogP contribution in [0.2, 0.25) is 0 Å². The third kappa shape index (κ3) is 2.98. The molecule has 1 N–H and O–H groups in total. The molecule has 134 valence electrons. The van der Waals surface area contributed by atoms with E-state index in [9.17, 15) is 13.6 Å². The number of benzene rings is 1. The smallest absolute Gasteiger partial charge is 0.279 e. The summed E-state index contributed by atoms with van der Waals surface area (Å²) < 4.78 is 33.5. The molecule has 0 bridgehead atoms. The lowest BCUT2D eigenvalue weighted by Gasteiger charge is -2.05. The van der Waals surface area contributed by atoms with Crippen LogP contribution in [0.4, 0.5) is 8.78 Å². The molecule has 0 spiro atoms. The highest BCUT2D eigenvalue weighted by Crippen LogP contribution is 2.41. The van der Waals surface area contributed by atoms with Crippen LogP contribution in [0, 0.1) is 6.92 Å². The maximum atomic E-state index is 13.6. The van der Waals surface area contributed by atoms with Crippen LogP contribution in [-0.2, 0) is 0 Å². The first-order chi connectivity index (χ1) is 12.5. The van der Waals surface area contributed by atoms with Crippen LogP contribution < -0.4 is 0 Å². The minimum Gasteiger partial charge on any atom is -0.419 e. The number of carbonyl (C=O) groups excluding carboxylic acids is 1. The highest BCUT2D eigenvalue weighted by molar-refractivity contribution is 9.10. The number of ketones is 1. The summed E-state index contributed by atoms with van der Waals surface area (Å²) in [5, 5.41) is 7.94. The first-order valence-electron chi connectivity index (χ1n) is 8.10. The summed E-state index contributed by atoms with van der Waals surface area (Å²) in [5.41, 5.74) is 0.460. The van der Waals surface area contributed by atoms with E-state index in [4.69, 9.17) is 4.42 Å². The zero-order valence-electron chi connectivity index (χ0n) is 13.7. The number of hydrogen-bond donors (Lipinski definition) is 1. The Morgan fingerprint density at radius 2 is 2.12 bits per heavy atom. The van der Waals surface area contributed by atoms with Crippen LogP contribution in [0.5, 0.6) is 0 Å². The Bertz CT molecular complexity index is 992. The lowest BCUT2D eigenvalue weighted by Crippen LogP contribution is -2.06. The molecule has 4 rings (SSSR count). The van der Waals surface area contributed by atoms with Gasteiger partial charge in [-0.05, 0) is 37.5 Å². The Labute approximate surface area is 156 Å². The molecule has 3 aromatic rings. The van der Waals surface area contributed by atoms with Crippen LogP contribution in [0.15, 0.2) is 33.2 Å². The summed E-state index contributed by atoms with van der Waals surface area (Å²) in [6.45, 7) is 1.60. The van der Waals surface area contributed by atoms with Gasteiger partial charge >= 0.3 is 0 Å². The van der Waals surface area contributed by atoms with Crippen molar-refractivity contribution < 1.29 is 18.0 Å². The van der Waals surface area contributed by atoms with E-state index in [1.54, 1.807) is 31.2 Å². The SMILES string of the molecule is Cc1c(-c2nnc(C3CC3)o2)[nH]c(C(F)F)c1C(=O)c1cccc(Br)c1. The molecule has 0 amide bonds.